The normalized spacial score (nSPS) is 24.0. The fourth-order valence-electron chi connectivity index (χ4n) is 4.73. The molecule has 164 valence electrons. The number of rotatable bonds is 4. The standard InChI is InChI=1S/C23H33N3O3S/c1-6-14-7-12-17-18(14)19-20(24-13-25-21(19)30-17)28-16-10-8-15(9-11-16)26(5)22(27)29-23(2,3)4/h13-16H,6-12H2,1-5H3/t14-,15?,16?/m0/s1. The Morgan fingerprint density at radius 1 is 1.20 bits per heavy atom. The quantitative estimate of drug-likeness (QED) is 0.622. The molecule has 0 aliphatic heterocycles. The van der Waals surface area contributed by atoms with Gasteiger partial charge in [-0.2, -0.15) is 0 Å². The molecule has 1 fully saturated rings. The molecule has 0 bridgehead atoms. The zero-order chi connectivity index (χ0) is 21.5. The summed E-state index contributed by atoms with van der Waals surface area (Å²) in [6, 6.07) is 0.194. The van der Waals surface area contributed by atoms with E-state index >= 15 is 0 Å². The molecule has 1 saturated carbocycles. The predicted octanol–water partition coefficient (Wildman–Crippen LogP) is 5.69. The van der Waals surface area contributed by atoms with Gasteiger partial charge in [-0.15, -0.1) is 11.3 Å². The van der Waals surface area contributed by atoms with E-state index in [2.05, 4.69) is 16.9 Å². The topological polar surface area (TPSA) is 64.6 Å². The number of fused-ring (bicyclic) bond motifs is 3. The van der Waals surface area contributed by atoms with Gasteiger partial charge in [-0.05, 0) is 77.2 Å². The van der Waals surface area contributed by atoms with Crippen LogP contribution in [0, 0.1) is 0 Å². The third kappa shape index (κ3) is 4.27. The molecule has 0 unspecified atom stereocenters. The second-order valence-electron chi connectivity index (χ2n) is 9.58. The number of carbonyl (C=O) groups excluding carboxylic acids is 1. The van der Waals surface area contributed by atoms with Gasteiger partial charge in [0, 0.05) is 18.0 Å². The molecule has 2 aromatic rings. The lowest BCUT2D eigenvalue weighted by Crippen LogP contribution is -2.43. The number of hydrogen-bond acceptors (Lipinski definition) is 6. The molecule has 4 rings (SSSR count). The van der Waals surface area contributed by atoms with E-state index in [-0.39, 0.29) is 18.2 Å². The monoisotopic (exact) mass is 431 g/mol. The molecule has 2 heterocycles. The average molecular weight is 432 g/mol. The molecule has 2 aromatic heterocycles. The molecular weight excluding hydrogens is 398 g/mol. The van der Waals surface area contributed by atoms with Crippen molar-refractivity contribution in [3.63, 3.8) is 0 Å². The summed E-state index contributed by atoms with van der Waals surface area (Å²) >= 11 is 1.80. The summed E-state index contributed by atoms with van der Waals surface area (Å²) in [5.41, 5.74) is 0.965. The first-order valence-corrected chi connectivity index (χ1v) is 12.0. The van der Waals surface area contributed by atoms with Crippen molar-refractivity contribution >= 4 is 27.6 Å². The van der Waals surface area contributed by atoms with E-state index in [9.17, 15) is 4.79 Å². The number of thiophene rings is 1. The molecule has 6 nitrogen and oxygen atoms in total. The molecule has 0 radical (unpaired) electrons. The molecule has 0 aromatic carbocycles. The van der Waals surface area contributed by atoms with Gasteiger partial charge in [0.05, 0.1) is 5.39 Å². The molecule has 0 spiro atoms. The van der Waals surface area contributed by atoms with Gasteiger partial charge in [-0.3, -0.25) is 0 Å². The van der Waals surface area contributed by atoms with E-state index in [0.717, 1.165) is 54.6 Å². The first kappa shape index (κ1) is 21.3. The van der Waals surface area contributed by atoms with Crippen LogP contribution in [0.3, 0.4) is 0 Å². The number of carbonyl (C=O) groups is 1. The smallest absolute Gasteiger partial charge is 0.410 e. The molecule has 2 aliphatic rings. The van der Waals surface area contributed by atoms with E-state index in [1.165, 1.54) is 16.9 Å². The van der Waals surface area contributed by atoms with E-state index < -0.39 is 5.60 Å². The van der Waals surface area contributed by atoms with Crippen LogP contribution in [0.25, 0.3) is 10.2 Å². The highest BCUT2D eigenvalue weighted by Gasteiger charge is 2.32. The van der Waals surface area contributed by atoms with Crippen LogP contribution in [0.15, 0.2) is 6.33 Å². The number of nitrogens with zero attached hydrogens (tertiary/aromatic N) is 3. The largest absolute Gasteiger partial charge is 0.474 e. The zero-order valence-electron chi connectivity index (χ0n) is 18.7. The number of aromatic nitrogens is 2. The highest BCUT2D eigenvalue weighted by Crippen LogP contribution is 2.47. The van der Waals surface area contributed by atoms with Gasteiger partial charge in [0.15, 0.2) is 0 Å². The Labute approximate surface area is 183 Å². The lowest BCUT2D eigenvalue weighted by atomic mass is 9.92. The van der Waals surface area contributed by atoms with Gasteiger partial charge in [0.2, 0.25) is 5.88 Å². The molecule has 2 aliphatic carbocycles. The van der Waals surface area contributed by atoms with Crippen LogP contribution in [-0.2, 0) is 11.2 Å². The van der Waals surface area contributed by atoms with Crippen LogP contribution in [0.1, 0.15) is 82.6 Å². The Morgan fingerprint density at radius 3 is 2.60 bits per heavy atom. The lowest BCUT2D eigenvalue weighted by molar-refractivity contribution is 0.0138. The Bertz CT molecular complexity index is 912. The minimum atomic E-state index is -0.471. The second-order valence-corrected chi connectivity index (χ2v) is 10.7. The fraction of sp³-hybridized carbons (Fsp3) is 0.696. The first-order valence-electron chi connectivity index (χ1n) is 11.2. The lowest BCUT2D eigenvalue weighted by Gasteiger charge is -2.35. The van der Waals surface area contributed by atoms with Crippen molar-refractivity contribution in [2.75, 3.05) is 7.05 Å². The first-order chi connectivity index (χ1) is 14.3. The minimum Gasteiger partial charge on any atom is -0.474 e. The maximum Gasteiger partial charge on any atom is 0.410 e. The summed E-state index contributed by atoms with van der Waals surface area (Å²) in [6.07, 6.45) is 8.68. The van der Waals surface area contributed by atoms with Gasteiger partial charge < -0.3 is 14.4 Å². The molecule has 1 atom stereocenters. The third-order valence-electron chi connectivity index (χ3n) is 6.34. The molecule has 0 saturated heterocycles. The zero-order valence-corrected chi connectivity index (χ0v) is 19.6. The number of amides is 1. The van der Waals surface area contributed by atoms with Crippen molar-refractivity contribution in [3.8, 4) is 5.88 Å². The van der Waals surface area contributed by atoms with Gasteiger partial charge >= 0.3 is 6.09 Å². The van der Waals surface area contributed by atoms with Crippen molar-refractivity contribution in [2.45, 2.75) is 96.3 Å². The maximum atomic E-state index is 12.4. The van der Waals surface area contributed by atoms with E-state index in [1.54, 1.807) is 22.6 Å². The summed E-state index contributed by atoms with van der Waals surface area (Å²) in [6.45, 7) is 7.96. The van der Waals surface area contributed by atoms with Crippen LogP contribution in [0.4, 0.5) is 4.79 Å². The van der Waals surface area contributed by atoms with Crippen molar-refractivity contribution in [1.29, 1.82) is 0 Å². The van der Waals surface area contributed by atoms with Crippen LogP contribution >= 0.6 is 11.3 Å². The summed E-state index contributed by atoms with van der Waals surface area (Å²) in [5.74, 6) is 1.35. The molecular formula is C23H33N3O3S. The Kier molecular flexibility index (Phi) is 5.93. The Hall–Kier alpha value is -1.89. The Morgan fingerprint density at radius 2 is 1.93 bits per heavy atom. The molecule has 1 amide bonds. The van der Waals surface area contributed by atoms with E-state index in [4.69, 9.17) is 9.47 Å². The highest BCUT2D eigenvalue weighted by molar-refractivity contribution is 7.19. The van der Waals surface area contributed by atoms with Gasteiger partial charge in [0.25, 0.3) is 0 Å². The highest BCUT2D eigenvalue weighted by atomic mass is 32.1. The SMILES string of the molecule is CC[C@H]1CCc2sc3ncnc(OC4CCC(N(C)C(=O)OC(C)(C)C)CC4)c3c21. The molecule has 30 heavy (non-hydrogen) atoms. The molecule has 7 heteroatoms. The predicted molar refractivity (Wildman–Crippen MR) is 119 cm³/mol. The number of aryl methyl sites for hydroxylation is 1. The van der Waals surface area contributed by atoms with Crippen LogP contribution in [0.5, 0.6) is 5.88 Å². The van der Waals surface area contributed by atoms with Crippen LogP contribution in [-0.4, -0.2) is 45.8 Å². The number of ether oxygens (including phenoxy) is 2. The van der Waals surface area contributed by atoms with E-state index in [0.29, 0.717) is 5.92 Å². The summed E-state index contributed by atoms with van der Waals surface area (Å²) < 4.78 is 12.0. The maximum absolute atomic E-state index is 12.4. The average Bonchev–Trinajstić information content (AvgIpc) is 3.26. The van der Waals surface area contributed by atoms with Gasteiger partial charge in [-0.25, -0.2) is 14.8 Å². The van der Waals surface area contributed by atoms with Crippen LogP contribution < -0.4 is 4.74 Å². The van der Waals surface area contributed by atoms with E-state index in [1.807, 2.05) is 27.8 Å². The van der Waals surface area contributed by atoms with Gasteiger partial charge in [0.1, 0.15) is 22.9 Å². The van der Waals surface area contributed by atoms with Crippen LogP contribution in [0.2, 0.25) is 0 Å². The fourth-order valence-corrected chi connectivity index (χ4v) is 5.96. The summed E-state index contributed by atoms with van der Waals surface area (Å²) in [5, 5.41) is 1.15. The summed E-state index contributed by atoms with van der Waals surface area (Å²) in [4.78, 5) is 25.7. The van der Waals surface area contributed by atoms with Crippen molar-refractivity contribution in [1.82, 2.24) is 14.9 Å². The number of hydrogen-bond donors (Lipinski definition) is 0. The Balaban J connectivity index is 1.43. The third-order valence-corrected chi connectivity index (χ3v) is 7.51. The van der Waals surface area contributed by atoms with Crippen molar-refractivity contribution in [2.24, 2.45) is 0 Å². The van der Waals surface area contributed by atoms with Crippen molar-refractivity contribution < 1.29 is 14.3 Å². The minimum absolute atomic E-state index is 0.128. The van der Waals surface area contributed by atoms with Crippen molar-refractivity contribution in [3.05, 3.63) is 16.8 Å². The molecule has 0 N–H and O–H groups in total. The second kappa shape index (κ2) is 8.33. The van der Waals surface area contributed by atoms with Gasteiger partial charge in [-0.1, -0.05) is 6.92 Å². The summed E-state index contributed by atoms with van der Waals surface area (Å²) in [7, 11) is 1.84.